The molecule has 104 valence electrons. The number of carbonyl (C=O) groups excluding carboxylic acids is 1. The lowest BCUT2D eigenvalue weighted by Crippen LogP contribution is -2.27. The van der Waals surface area contributed by atoms with Crippen LogP contribution in [0.25, 0.3) is 11.6 Å². The van der Waals surface area contributed by atoms with Gasteiger partial charge >= 0.3 is 0 Å². The van der Waals surface area contributed by atoms with Crippen molar-refractivity contribution in [3.63, 3.8) is 0 Å². The Labute approximate surface area is 114 Å². The molecule has 2 aromatic rings. The van der Waals surface area contributed by atoms with E-state index in [1.807, 2.05) is 0 Å². The monoisotopic (exact) mass is 274 g/mol. The molecule has 20 heavy (non-hydrogen) atoms. The number of rotatable bonds is 4. The van der Waals surface area contributed by atoms with Crippen molar-refractivity contribution in [1.29, 1.82) is 0 Å². The molecule has 1 amide bonds. The standard InChI is InChI=1S/C13H14N4O3/c18-13(11-7-5-19-6-8(7)11)14-4-10-15-12(17-16-10)9-2-1-3-20-9/h1-3,7-8,11H,4-6H2,(H,14,18)(H,15,16,17)/t7-,8+,11?. The number of nitrogens with one attached hydrogen (secondary N) is 2. The van der Waals surface area contributed by atoms with E-state index in [0.29, 0.717) is 49.0 Å². The lowest BCUT2D eigenvalue weighted by molar-refractivity contribution is -0.123. The number of aromatic nitrogens is 3. The minimum atomic E-state index is 0.0826. The molecular formula is C13H14N4O3. The molecule has 7 nitrogen and oxygen atoms in total. The molecule has 2 N–H and O–H groups in total. The summed E-state index contributed by atoms with van der Waals surface area (Å²) in [5, 5.41) is 9.74. The van der Waals surface area contributed by atoms with Gasteiger partial charge in [0, 0.05) is 5.92 Å². The number of ether oxygens (including phenoxy) is 1. The van der Waals surface area contributed by atoms with Crippen molar-refractivity contribution in [2.24, 2.45) is 17.8 Å². The van der Waals surface area contributed by atoms with E-state index in [2.05, 4.69) is 20.5 Å². The summed E-state index contributed by atoms with van der Waals surface area (Å²) in [4.78, 5) is 16.3. The maximum absolute atomic E-state index is 12.0. The van der Waals surface area contributed by atoms with E-state index in [1.165, 1.54) is 0 Å². The lowest BCUT2D eigenvalue weighted by atomic mass is 10.3. The highest BCUT2D eigenvalue weighted by Crippen LogP contribution is 2.50. The molecular weight excluding hydrogens is 260 g/mol. The van der Waals surface area contributed by atoms with E-state index in [0.717, 1.165) is 0 Å². The number of amides is 1. The zero-order valence-electron chi connectivity index (χ0n) is 10.7. The van der Waals surface area contributed by atoms with Gasteiger partial charge < -0.3 is 14.5 Å². The number of nitrogens with zero attached hydrogens (tertiary/aromatic N) is 2. The van der Waals surface area contributed by atoms with Gasteiger partial charge in [-0.15, -0.1) is 5.10 Å². The van der Waals surface area contributed by atoms with Crippen molar-refractivity contribution < 1.29 is 13.9 Å². The zero-order chi connectivity index (χ0) is 13.5. The van der Waals surface area contributed by atoms with Gasteiger partial charge in [0.2, 0.25) is 11.7 Å². The molecule has 2 aliphatic rings. The van der Waals surface area contributed by atoms with Crippen LogP contribution in [0.3, 0.4) is 0 Å². The van der Waals surface area contributed by atoms with Crippen molar-refractivity contribution >= 4 is 5.91 Å². The molecule has 1 aliphatic carbocycles. The molecule has 0 bridgehead atoms. The summed E-state index contributed by atoms with van der Waals surface area (Å²) in [6.45, 7) is 1.78. The quantitative estimate of drug-likeness (QED) is 0.850. The van der Waals surface area contributed by atoms with Crippen molar-refractivity contribution in [1.82, 2.24) is 20.5 Å². The van der Waals surface area contributed by atoms with E-state index < -0.39 is 0 Å². The summed E-state index contributed by atoms with van der Waals surface area (Å²) >= 11 is 0. The molecule has 4 rings (SSSR count). The molecule has 1 aliphatic heterocycles. The third-order valence-electron chi connectivity index (χ3n) is 3.96. The van der Waals surface area contributed by atoms with E-state index in [-0.39, 0.29) is 11.8 Å². The van der Waals surface area contributed by atoms with Crippen LogP contribution in [0.15, 0.2) is 22.8 Å². The van der Waals surface area contributed by atoms with E-state index in [4.69, 9.17) is 9.15 Å². The maximum atomic E-state index is 12.0. The Morgan fingerprint density at radius 3 is 3.05 bits per heavy atom. The third-order valence-corrected chi connectivity index (χ3v) is 3.96. The third kappa shape index (κ3) is 1.90. The van der Waals surface area contributed by atoms with Crippen LogP contribution in [0.1, 0.15) is 5.82 Å². The number of hydrogen-bond acceptors (Lipinski definition) is 5. The van der Waals surface area contributed by atoms with Crippen molar-refractivity contribution in [3.8, 4) is 11.6 Å². The van der Waals surface area contributed by atoms with Crippen molar-refractivity contribution in [3.05, 3.63) is 24.2 Å². The number of fused-ring (bicyclic) bond motifs is 1. The lowest BCUT2D eigenvalue weighted by Gasteiger charge is -2.04. The van der Waals surface area contributed by atoms with E-state index in [9.17, 15) is 4.79 Å². The average molecular weight is 274 g/mol. The van der Waals surface area contributed by atoms with Crippen LogP contribution in [-0.4, -0.2) is 34.3 Å². The molecule has 0 aromatic carbocycles. The first-order valence-corrected chi connectivity index (χ1v) is 6.63. The largest absolute Gasteiger partial charge is 0.461 e. The maximum Gasteiger partial charge on any atom is 0.224 e. The first-order valence-electron chi connectivity index (χ1n) is 6.63. The highest BCUT2D eigenvalue weighted by atomic mass is 16.5. The summed E-state index contributed by atoms with van der Waals surface area (Å²) in [6.07, 6.45) is 1.57. The Kier molecular flexibility index (Phi) is 2.59. The highest BCUT2D eigenvalue weighted by Gasteiger charge is 2.57. The molecule has 2 aromatic heterocycles. The van der Waals surface area contributed by atoms with Crippen LogP contribution < -0.4 is 5.32 Å². The topological polar surface area (TPSA) is 93.0 Å². The van der Waals surface area contributed by atoms with Gasteiger partial charge in [0.05, 0.1) is 26.0 Å². The van der Waals surface area contributed by atoms with Gasteiger partial charge in [0.15, 0.2) is 5.76 Å². The Bertz CT molecular complexity index is 611. The fourth-order valence-corrected chi connectivity index (χ4v) is 2.81. The van der Waals surface area contributed by atoms with E-state index in [1.54, 1.807) is 18.4 Å². The summed E-state index contributed by atoms with van der Waals surface area (Å²) in [5.41, 5.74) is 0. The van der Waals surface area contributed by atoms with Crippen LogP contribution in [0.5, 0.6) is 0 Å². The van der Waals surface area contributed by atoms with Gasteiger partial charge in [-0.3, -0.25) is 9.89 Å². The van der Waals surface area contributed by atoms with Gasteiger partial charge in [-0.1, -0.05) is 0 Å². The van der Waals surface area contributed by atoms with Crippen LogP contribution in [-0.2, 0) is 16.1 Å². The van der Waals surface area contributed by atoms with Gasteiger partial charge in [-0.2, -0.15) is 0 Å². The molecule has 0 spiro atoms. The number of aromatic amines is 1. The molecule has 0 radical (unpaired) electrons. The van der Waals surface area contributed by atoms with Crippen LogP contribution in [0, 0.1) is 17.8 Å². The second kappa shape index (κ2) is 4.45. The molecule has 1 saturated heterocycles. The van der Waals surface area contributed by atoms with Gasteiger partial charge in [-0.05, 0) is 24.0 Å². The SMILES string of the molecule is O=C(NCc1nc(-c2ccco2)n[nH]1)C1[C@H]2COC[C@@H]12. The normalized spacial score (nSPS) is 27.3. The summed E-state index contributed by atoms with van der Waals surface area (Å²) in [6, 6.07) is 3.57. The molecule has 3 heterocycles. The Balaban J connectivity index is 1.35. The number of H-pyrrole nitrogens is 1. The highest BCUT2D eigenvalue weighted by molar-refractivity contribution is 5.82. The smallest absolute Gasteiger partial charge is 0.224 e. The first kappa shape index (κ1) is 11.7. The molecule has 3 atom stereocenters. The second-order valence-corrected chi connectivity index (χ2v) is 5.19. The van der Waals surface area contributed by atoms with Gasteiger partial charge in [-0.25, -0.2) is 4.98 Å². The Hall–Kier alpha value is -2.15. The number of hydrogen-bond donors (Lipinski definition) is 2. The van der Waals surface area contributed by atoms with Crippen molar-refractivity contribution in [2.75, 3.05) is 13.2 Å². The number of furan rings is 1. The average Bonchev–Trinajstić information content (AvgIpc) is 3.01. The van der Waals surface area contributed by atoms with Crippen LogP contribution >= 0.6 is 0 Å². The fraction of sp³-hybridized carbons (Fsp3) is 0.462. The molecule has 1 saturated carbocycles. The summed E-state index contributed by atoms with van der Waals surface area (Å²) in [7, 11) is 0. The second-order valence-electron chi connectivity index (χ2n) is 5.19. The Morgan fingerprint density at radius 2 is 2.30 bits per heavy atom. The number of carbonyl (C=O) groups is 1. The molecule has 7 heteroatoms. The van der Waals surface area contributed by atoms with E-state index >= 15 is 0 Å². The Morgan fingerprint density at radius 1 is 1.45 bits per heavy atom. The van der Waals surface area contributed by atoms with Crippen LogP contribution in [0.2, 0.25) is 0 Å². The first-order chi connectivity index (χ1) is 9.83. The minimum Gasteiger partial charge on any atom is -0.461 e. The predicted molar refractivity (Wildman–Crippen MR) is 67.2 cm³/mol. The van der Waals surface area contributed by atoms with Crippen molar-refractivity contribution in [2.45, 2.75) is 6.54 Å². The zero-order valence-corrected chi connectivity index (χ0v) is 10.7. The minimum absolute atomic E-state index is 0.0826. The fourth-order valence-electron chi connectivity index (χ4n) is 2.81. The molecule has 1 unspecified atom stereocenters. The summed E-state index contributed by atoms with van der Waals surface area (Å²) < 4.78 is 10.5. The van der Waals surface area contributed by atoms with Gasteiger partial charge in [0.1, 0.15) is 5.82 Å². The van der Waals surface area contributed by atoms with Crippen LogP contribution in [0.4, 0.5) is 0 Å². The predicted octanol–water partition coefficient (Wildman–Crippen LogP) is 0.573. The van der Waals surface area contributed by atoms with Gasteiger partial charge in [0.25, 0.3) is 0 Å². The molecule has 2 fully saturated rings. The summed E-state index contributed by atoms with van der Waals surface area (Å²) in [5.74, 6) is 2.76.